The number of aliphatic hydroxyl groups is 1. The molecule has 0 spiro atoms. The Balaban J connectivity index is 2.48. The molecule has 0 aromatic carbocycles. The summed E-state index contributed by atoms with van der Waals surface area (Å²) in [6, 6.07) is 3.25. The van der Waals surface area contributed by atoms with Gasteiger partial charge >= 0.3 is 0 Å². The number of amides is 1. The molecule has 0 radical (unpaired) electrons. The van der Waals surface area contributed by atoms with E-state index in [4.69, 9.17) is 11.6 Å². The second kappa shape index (κ2) is 5.82. The first-order valence-corrected chi connectivity index (χ1v) is 5.46. The first kappa shape index (κ1) is 12.9. The maximum Gasteiger partial charge on any atom is 0.227 e. The van der Waals surface area contributed by atoms with E-state index >= 15 is 0 Å². The van der Waals surface area contributed by atoms with Crippen LogP contribution in [0.1, 0.15) is 20.3 Å². The second-order valence-corrected chi connectivity index (χ2v) is 4.32. The van der Waals surface area contributed by atoms with E-state index < -0.39 is 6.10 Å². The standard InChI is InChI=1S/C11H15ClN2O2/c1-7(2)9(15)5-11(16)14-8-3-4-10(12)13-6-8/h3-4,6-7,9,15H,5H2,1-2H3,(H,14,16). The zero-order valence-electron chi connectivity index (χ0n) is 9.27. The number of halogens is 1. The molecule has 1 unspecified atom stereocenters. The summed E-state index contributed by atoms with van der Waals surface area (Å²) in [7, 11) is 0. The lowest BCUT2D eigenvalue weighted by molar-refractivity contribution is -0.118. The highest BCUT2D eigenvalue weighted by atomic mass is 35.5. The molecule has 0 aliphatic rings. The number of hydrogen-bond donors (Lipinski definition) is 2. The van der Waals surface area contributed by atoms with Crippen LogP contribution < -0.4 is 5.32 Å². The fraction of sp³-hybridized carbons (Fsp3) is 0.455. The predicted molar refractivity (Wildman–Crippen MR) is 63.3 cm³/mol. The average Bonchev–Trinajstić information content (AvgIpc) is 2.21. The zero-order valence-corrected chi connectivity index (χ0v) is 10.0. The number of aromatic nitrogens is 1. The van der Waals surface area contributed by atoms with Gasteiger partial charge in [-0.25, -0.2) is 4.98 Å². The number of carbonyl (C=O) groups is 1. The summed E-state index contributed by atoms with van der Waals surface area (Å²) in [6.45, 7) is 3.73. The van der Waals surface area contributed by atoms with E-state index in [1.165, 1.54) is 6.20 Å². The molecular formula is C11H15ClN2O2. The first-order chi connectivity index (χ1) is 7.49. The van der Waals surface area contributed by atoms with Crippen molar-refractivity contribution in [1.82, 2.24) is 4.98 Å². The molecule has 0 saturated heterocycles. The van der Waals surface area contributed by atoms with Gasteiger partial charge in [-0.05, 0) is 18.1 Å². The molecule has 4 nitrogen and oxygen atoms in total. The number of hydrogen-bond acceptors (Lipinski definition) is 3. The Labute approximate surface area is 99.6 Å². The van der Waals surface area contributed by atoms with Gasteiger partial charge in [0.25, 0.3) is 0 Å². The number of rotatable bonds is 4. The Morgan fingerprint density at radius 3 is 2.75 bits per heavy atom. The normalized spacial score (nSPS) is 12.6. The Hall–Kier alpha value is -1.13. The Morgan fingerprint density at radius 2 is 2.25 bits per heavy atom. The molecule has 1 atom stereocenters. The number of carbonyl (C=O) groups excluding carboxylic acids is 1. The van der Waals surface area contributed by atoms with Crippen LogP contribution in [0.4, 0.5) is 5.69 Å². The van der Waals surface area contributed by atoms with Gasteiger partial charge in [0.1, 0.15) is 5.15 Å². The van der Waals surface area contributed by atoms with Crippen LogP contribution in [0.5, 0.6) is 0 Å². The van der Waals surface area contributed by atoms with Crippen molar-refractivity contribution in [3.63, 3.8) is 0 Å². The van der Waals surface area contributed by atoms with E-state index in [9.17, 15) is 9.90 Å². The van der Waals surface area contributed by atoms with Crippen molar-refractivity contribution in [3.05, 3.63) is 23.5 Å². The largest absolute Gasteiger partial charge is 0.392 e. The minimum absolute atomic E-state index is 0.0640. The van der Waals surface area contributed by atoms with Gasteiger partial charge in [-0.3, -0.25) is 4.79 Å². The number of nitrogens with one attached hydrogen (secondary N) is 1. The Morgan fingerprint density at radius 1 is 1.56 bits per heavy atom. The van der Waals surface area contributed by atoms with Crippen molar-refractivity contribution in [2.45, 2.75) is 26.4 Å². The van der Waals surface area contributed by atoms with Crippen molar-refractivity contribution in [3.8, 4) is 0 Å². The summed E-state index contributed by atoms with van der Waals surface area (Å²) < 4.78 is 0. The molecule has 0 saturated carbocycles. The quantitative estimate of drug-likeness (QED) is 0.795. The summed E-state index contributed by atoms with van der Waals surface area (Å²) in [6.07, 6.45) is 0.933. The summed E-state index contributed by atoms with van der Waals surface area (Å²) >= 11 is 5.61. The average molecular weight is 243 g/mol. The SMILES string of the molecule is CC(C)C(O)CC(=O)Nc1ccc(Cl)nc1. The monoisotopic (exact) mass is 242 g/mol. The number of pyridine rings is 1. The van der Waals surface area contributed by atoms with Crippen molar-refractivity contribution in [1.29, 1.82) is 0 Å². The van der Waals surface area contributed by atoms with E-state index in [2.05, 4.69) is 10.3 Å². The smallest absolute Gasteiger partial charge is 0.227 e. The third kappa shape index (κ3) is 4.16. The highest BCUT2D eigenvalue weighted by Gasteiger charge is 2.14. The highest BCUT2D eigenvalue weighted by Crippen LogP contribution is 2.11. The minimum Gasteiger partial charge on any atom is -0.392 e. The number of aliphatic hydroxyl groups excluding tert-OH is 1. The van der Waals surface area contributed by atoms with Gasteiger partial charge in [-0.15, -0.1) is 0 Å². The highest BCUT2D eigenvalue weighted by molar-refractivity contribution is 6.29. The van der Waals surface area contributed by atoms with Crippen LogP contribution in [0.2, 0.25) is 5.15 Å². The van der Waals surface area contributed by atoms with Gasteiger partial charge in [0.2, 0.25) is 5.91 Å². The minimum atomic E-state index is -0.625. The zero-order chi connectivity index (χ0) is 12.1. The van der Waals surface area contributed by atoms with Crippen LogP contribution in [0.15, 0.2) is 18.3 Å². The molecule has 0 aliphatic carbocycles. The van der Waals surface area contributed by atoms with Gasteiger partial charge in [0.15, 0.2) is 0 Å². The van der Waals surface area contributed by atoms with Crippen LogP contribution in [-0.4, -0.2) is 22.1 Å². The lowest BCUT2D eigenvalue weighted by Gasteiger charge is -2.13. The molecule has 0 bridgehead atoms. The first-order valence-electron chi connectivity index (χ1n) is 5.08. The molecule has 16 heavy (non-hydrogen) atoms. The molecule has 5 heteroatoms. The third-order valence-corrected chi connectivity index (χ3v) is 2.40. The van der Waals surface area contributed by atoms with Gasteiger partial charge < -0.3 is 10.4 Å². The van der Waals surface area contributed by atoms with E-state index in [0.29, 0.717) is 10.8 Å². The summed E-state index contributed by atoms with van der Waals surface area (Å²) in [5.74, 6) is -0.167. The molecular weight excluding hydrogens is 228 g/mol. The maximum absolute atomic E-state index is 11.5. The molecule has 88 valence electrons. The van der Waals surface area contributed by atoms with Crippen LogP contribution in [0, 0.1) is 5.92 Å². The third-order valence-electron chi connectivity index (χ3n) is 2.18. The molecule has 1 heterocycles. The van der Waals surface area contributed by atoms with Crippen LogP contribution in [0.3, 0.4) is 0 Å². The van der Waals surface area contributed by atoms with Gasteiger partial charge in [0.05, 0.1) is 24.4 Å². The molecule has 0 aliphatic heterocycles. The second-order valence-electron chi connectivity index (χ2n) is 3.93. The van der Waals surface area contributed by atoms with E-state index in [-0.39, 0.29) is 18.2 Å². The lowest BCUT2D eigenvalue weighted by Crippen LogP contribution is -2.23. The predicted octanol–water partition coefficient (Wildman–Crippen LogP) is 2.08. The topological polar surface area (TPSA) is 62.2 Å². The molecule has 1 aromatic heterocycles. The number of nitrogens with zero attached hydrogens (tertiary/aromatic N) is 1. The fourth-order valence-corrected chi connectivity index (χ4v) is 1.20. The summed E-state index contributed by atoms with van der Waals surface area (Å²) in [5, 5.41) is 12.5. The van der Waals surface area contributed by atoms with Gasteiger partial charge in [-0.1, -0.05) is 25.4 Å². The lowest BCUT2D eigenvalue weighted by atomic mass is 10.0. The van der Waals surface area contributed by atoms with Crippen LogP contribution in [-0.2, 0) is 4.79 Å². The maximum atomic E-state index is 11.5. The Bertz CT molecular complexity index is 352. The molecule has 0 fully saturated rings. The summed E-state index contributed by atoms with van der Waals surface area (Å²) in [4.78, 5) is 15.3. The molecule has 1 rings (SSSR count). The number of anilines is 1. The molecule has 1 amide bonds. The van der Waals surface area contributed by atoms with Crippen molar-refractivity contribution >= 4 is 23.2 Å². The van der Waals surface area contributed by atoms with Crippen LogP contribution in [0.25, 0.3) is 0 Å². The van der Waals surface area contributed by atoms with E-state index in [1.54, 1.807) is 12.1 Å². The van der Waals surface area contributed by atoms with E-state index in [1.807, 2.05) is 13.8 Å². The van der Waals surface area contributed by atoms with Crippen LogP contribution >= 0.6 is 11.6 Å². The molecule has 2 N–H and O–H groups in total. The van der Waals surface area contributed by atoms with Crippen molar-refractivity contribution in [2.24, 2.45) is 5.92 Å². The van der Waals surface area contributed by atoms with Gasteiger partial charge in [0, 0.05) is 0 Å². The Kier molecular flexibility index (Phi) is 4.71. The van der Waals surface area contributed by atoms with Crippen molar-refractivity contribution in [2.75, 3.05) is 5.32 Å². The van der Waals surface area contributed by atoms with Gasteiger partial charge in [-0.2, -0.15) is 0 Å². The summed E-state index contributed by atoms with van der Waals surface area (Å²) in [5.41, 5.74) is 0.574. The molecule has 1 aromatic rings. The van der Waals surface area contributed by atoms with Crippen molar-refractivity contribution < 1.29 is 9.90 Å². The fourth-order valence-electron chi connectivity index (χ4n) is 1.09. The van der Waals surface area contributed by atoms with E-state index in [0.717, 1.165) is 0 Å².